The van der Waals surface area contributed by atoms with E-state index >= 15 is 0 Å². The van der Waals surface area contributed by atoms with Crippen LogP contribution in [0.25, 0.3) is 10.4 Å². The summed E-state index contributed by atoms with van der Waals surface area (Å²) in [5.74, 6) is 1.33. The van der Waals surface area contributed by atoms with Crippen molar-refractivity contribution in [3.63, 3.8) is 0 Å². The second-order valence-electron chi connectivity index (χ2n) is 20.4. The van der Waals surface area contributed by atoms with Crippen molar-refractivity contribution in [2.75, 3.05) is 73.4 Å². The zero-order chi connectivity index (χ0) is 47.8. The fraction of sp³-hybridized carbons (Fsp3) is 0.449. The monoisotopic (exact) mass is 928 g/mol. The van der Waals surface area contributed by atoms with E-state index in [1.807, 2.05) is 24.3 Å². The number of hydrogen-bond donors (Lipinski definition) is 2. The first kappa shape index (κ1) is 49.4. The fourth-order valence-electron chi connectivity index (χ4n) is 9.12. The Kier molecular flexibility index (Phi) is 14.2. The van der Waals surface area contributed by atoms with Crippen LogP contribution in [0.4, 0.5) is 11.4 Å². The number of benzene rings is 3. The van der Waals surface area contributed by atoms with Gasteiger partial charge in [0.2, 0.25) is 5.69 Å². The van der Waals surface area contributed by atoms with E-state index in [0.717, 1.165) is 105 Å². The molecule has 3 aromatic rings. The average molecular weight is 929 g/mol. The molecule has 0 unspecified atom stereocenters. The van der Waals surface area contributed by atoms with Gasteiger partial charge in [0.05, 0.1) is 83.5 Å². The standard InChI is InChI=1S/C49H64N7O7S2/c1-48(2)41-32-39(64(57,58)59)22-24-43(41)53(28-12-30-55(5,6)7)45(48)26-18-36-14-11-15-37(47(36)63-38-20-16-35(17-21-38)34-51-52-50)19-27-46-49(3,4)42-33-40(65(60,61)62)23-25-44(42)54(46)29-13-31-56(8,9)10/h16-27,32-33H,11-15,28-31,34H2,1-10H3/q+1/p+2. The Bertz CT molecular complexity index is 2770. The van der Waals surface area contributed by atoms with Gasteiger partial charge in [0.15, 0.2) is 12.3 Å². The van der Waals surface area contributed by atoms with Crippen molar-refractivity contribution in [3.8, 4) is 5.75 Å². The van der Waals surface area contributed by atoms with Crippen LogP contribution in [0.2, 0.25) is 0 Å². The molecule has 0 fully saturated rings. The number of hydrogen-bond acceptors (Lipinski definition) is 7. The van der Waals surface area contributed by atoms with Crippen LogP contribution in [0.15, 0.2) is 122 Å². The van der Waals surface area contributed by atoms with E-state index in [1.165, 1.54) is 12.1 Å². The number of nitrogens with zero attached hydrogens (tertiary/aromatic N) is 7. The molecule has 348 valence electrons. The Morgan fingerprint density at radius 2 is 1.42 bits per heavy atom. The maximum atomic E-state index is 12.3. The Labute approximate surface area is 385 Å². The van der Waals surface area contributed by atoms with Gasteiger partial charge in [0, 0.05) is 52.4 Å². The first-order valence-corrected chi connectivity index (χ1v) is 25.0. The molecule has 14 nitrogen and oxygen atoms in total. The predicted octanol–water partition coefficient (Wildman–Crippen LogP) is 9.24. The van der Waals surface area contributed by atoms with Gasteiger partial charge in [0.25, 0.3) is 20.2 Å². The molecule has 2 heterocycles. The molecule has 3 aliphatic rings. The zero-order valence-electron chi connectivity index (χ0n) is 39.5. The molecular weight excluding hydrogens is 863 g/mol. The summed E-state index contributed by atoms with van der Waals surface area (Å²) in [6.45, 7) is 11.8. The molecule has 2 N–H and O–H groups in total. The molecule has 0 radical (unpaired) electrons. The predicted molar refractivity (Wildman–Crippen MR) is 257 cm³/mol. The summed E-state index contributed by atoms with van der Waals surface area (Å²) in [5, 5.41) is 3.70. The lowest BCUT2D eigenvalue weighted by atomic mass is 9.81. The van der Waals surface area contributed by atoms with Crippen LogP contribution < -0.4 is 9.64 Å². The summed E-state index contributed by atoms with van der Waals surface area (Å²) in [5.41, 5.74) is 15.9. The number of anilines is 1. The van der Waals surface area contributed by atoms with E-state index in [0.29, 0.717) is 24.6 Å². The van der Waals surface area contributed by atoms with Crippen LogP contribution in [0.3, 0.4) is 0 Å². The van der Waals surface area contributed by atoms with Gasteiger partial charge < -0.3 is 18.6 Å². The third-order valence-electron chi connectivity index (χ3n) is 12.6. The van der Waals surface area contributed by atoms with Gasteiger partial charge in [-0.15, -0.1) is 0 Å². The van der Waals surface area contributed by atoms with Crippen LogP contribution in [-0.4, -0.2) is 114 Å². The zero-order valence-corrected chi connectivity index (χ0v) is 41.2. The minimum atomic E-state index is -4.42. The summed E-state index contributed by atoms with van der Waals surface area (Å²) in [6.07, 6.45) is 12.6. The molecular formula is C49H66N7O7S2+3. The Morgan fingerprint density at radius 1 is 0.800 bits per heavy atom. The van der Waals surface area contributed by atoms with Crippen molar-refractivity contribution < 1.29 is 44.2 Å². The molecule has 0 amide bonds. The van der Waals surface area contributed by atoms with Gasteiger partial charge in [-0.25, -0.2) is 0 Å². The van der Waals surface area contributed by atoms with Crippen molar-refractivity contribution in [2.24, 2.45) is 5.11 Å². The Balaban J connectivity index is 1.49. The fourth-order valence-corrected chi connectivity index (χ4v) is 10.1. The second kappa shape index (κ2) is 18.7. The Morgan fingerprint density at radius 3 is 2.03 bits per heavy atom. The van der Waals surface area contributed by atoms with Crippen LogP contribution in [0, 0.1) is 0 Å². The molecule has 0 bridgehead atoms. The van der Waals surface area contributed by atoms with Crippen LogP contribution in [0.5, 0.6) is 5.75 Å². The third-order valence-corrected chi connectivity index (χ3v) is 14.3. The van der Waals surface area contributed by atoms with E-state index in [-0.39, 0.29) is 16.3 Å². The lowest BCUT2D eigenvalue weighted by molar-refractivity contribution is -0.871. The lowest BCUT2D eigenvalue weighted by Crippen LogP contribution is -2.37. The van der Waals surface area contributed by atoms with Crippen molar-refractivity contribution in [3.05, 3.63) is 135 Å². The van der Waals surface area contributed by atoms with E-state index in [2.05, 4.69) is 114 Å². The van der Waals surface area contributed by atoms with Gasteiger partial charge >= 0.3 is 0 Å². The summed E-state index contributed by atoms with van der Waals surface area (Å²) >= 11 is 0. The minimum absolute atomic E-state index is 0.139. The summed E-state index contributed by atoms with van der Waals surface area (Å²) in [4.78, 5) is 4.88. The van der Waals surface area contributed by atoms with Crippen LogP contribution in [-0.2, 0) is 37.6 Å². The molecule has 3 aromatic carbocycles. The molecule has 0 saturated heterocycles. The van der Waals surface area contributed by atoms with Crippen molar-refractivity contribution in [2.45, 2.75) is 87.0 Å². The highest BCUT2D eigenvalue weighted by Gasteiger charge is 2.45. The molecule has 65 heavy (non-hydrogen) atoms. The molecule has 2 aliphatic heterocycles. The largest absolute Gasteiger partial charge is 0.457 e. The van der Waals surface area contributed by atoms with Gasteiger partial charge in [0.1, 0.15) is 11.5 Å². The number of allylic oxidation sites excluding steroid dienone is 7. The lowest BCUT2D eigenvalue weighted by Gasteiger charge is -2.29. The maximum absolute atomic E-state index is 12.3. The van der Waals surface area contributed by atoms with E-state index in [1.54, 1.807) is 24.3 Å². The highest BCUT2D eigenvalue weighted by atomic mass is 32.2. The van der Waals surface area contributed by atoms with Crippen molar-refractivity contribution >= 4 is 37.3 Å². The number of quaternary nitrogens is 2. The summed E-state index contributed by atoms with van der Waals surface area (Å²) < 4.78 is 80.0. The molecule has 16 heteroatoms. The first-order chi connectivity index (χ1) is 30.2. The smallest absolute Gasteiger partial charge is 0.294 e. The maximum Gasteiger partial charge on any atom is 0.294 e. The number of rotatable bonds is 17. The normalized spacial score (nSPS) is 18.7. The van der Waals surface area contributed by atoms with Crippen LogP contribution >= 0.6 is 0 Å². The van der Waals surface area contributed by atoms with Gasteiger partial charge in [-0.05, 0) is 116 Å². The van der Waals surface area contributed by atoms with E-state index in [9.17, 15) is 25.9 Å². The summed E-state index contributed by atoms with van der Waals surface area (Å²) in [7, 11) is 4.11. The molecule has 0 atom stereocenters. The molecule has 0 saturated carbocycles. The quantitative estimate of drug-likeness (QED) is 0.0337. The second-order valence-corrected chi connectivity index (χ2v) is 23.2. The molecule has 0 spiro atoms. The first-order valence-electron chi connectivity index (χ1n) is 22.1. The summed E-state index contributed by atoms with van der Waals surface area (Å²) in [6, 6.07) is 17.2. The van der Waals surface area contributed by atoms with Crippen molar-refractivity contribution in [1.82, 2.24) is 0 Å². The highest BCUT2D eigenvalue weighted by molar-refractivity contribution is 7.86. The number of ether oxygens (including phenoxy) is 1. The molecule has 0 aromatic heterocycles. The Hall–Kier alpha value is -5.06. The number of azide groups is 1. The van der Waals surface area contributed by atoms with Gasteiger partial charge in [-0.1, -0.05) is 37.2 Å². The van der Waals surface area contributed by atoms with E-state index < -0.39 is 31.1 Å². The van der Waals surface area contributed by atoms with Crippen LogP contribution in [0.1, 0.15) is 76.5 Å². The van der Waals surface area contributed by atoms with Gasteiger partial charge in [-0.2, -0.15) is 21.4 Å². The highest BCUT2D eigenvalue weighted by Crippen LogP contribution is 2.49. The van der Waals surface area contributed by atoms with E-state index in [4.69, 9.17) is 10.3 Å². The third kappa shape index (κ3) is 11.5. The number of fused-ring (bicyclic) bond motifs is 2. The molecule has 6 rings (SSSR count). The van der Waals surface area contributed by atoms with Crippen molar-refractivity contribution in [1.29, 1.82) is 0 Å². The minimum Gasteiger partial charge on any atom is -0.457 e. The SMILES string of the molecule is CC1(C)C(/C=C/C2=C(Oc3ccc(CN=[N+]=[N-])cc3)C(=C/C=C3/N(CCC[N+](C)(C)C)c4ccc(S(=O)(=O)O)cc4C3(C)C)/CCC2)=[N+](CCC[N+](C)(C)C)c2ccc(S(=O)(=O)O)cc21. The average Bonchev–Trinajstić information content (AvgIpc) is 3.55. The van der Waals surface area contributed by atoms with Gasteiger partial charge in [-0.3, -0.25) is 9.11 Å². The topological polar surface area (TPSA) is 173 Å². The molecule has 1 aliphatic carbocycles.